The number of hydrogen-bond acceptors (Lipinski definition) is 4. The summed E-state index contributed by atoms with van der Waals surface area (Å²) in [6.07, 6.45) is -0.397. The molecule has 0 aromatic heterocycles. The minimum absolute atomic E-state index is 0.0231. The Morgan fingerprint density at radius 1 is 0.968 bits per heavy atom. The number of aliphatic carboxylic acids is 1. The molecule has 0 spiro atoms. The molecule has 0 saturated heterocycles. The average molecular weight is 427 g/mol. The molecule has 1 atom stereocenters. The normalized spacial score (nSPS) is 11.6. The maximum absolute atomic E-state index is 12.5. The Hall–Kier alpha value is -3.35. The first-order valence-corrected chi connectivity index (χ1v) is 10.4. The van der Waals surface area contributed by atoms with E-state index < -0.39 is 24.0 Å². The van der Waals surface area contributed by atoms with Crippen molar-refractivity contribution in [3.8, 4) is 0 Å². The molecule has 0 bridgehead atoms. The number of carbonyl (C=O) groups is 3. The zero-order valence-corrected chi connectivity index (χ0v) is 18.0. The van der Waals surface area contributed by atoms with Crippen molar-refractivity contribution < 1.29 is 24.2 Å². The van der Waals surface area contributed by atoms with Crippen molar-refractivity contribution >= 4 is 18.0 Å². The largest absolute Gasteiger partial charge is 0.481 e. The molecule has 2 rings (SSSR count). The summed E-state index contributed by atoms with van der Waals surface area (Å²) in [5.41, 5.74) is 3.15. The molecular weight excluding hydrogens is 396 g/mol. The summed E-state index contributed by atoms with van der Waals surface area (Å²) in [6.45, 7) is 4.70. The molecule has 2 aromatic carbocycles. The molecular formula is C24H30N2O5. The van der Waals surface area contributed by atoms with Crippen molar-refractivity contribution in [2.75, 3.05) is 6.54 Å². The van der Waals surface area contributed by atoms with E-state index >= 15 is 0 Å². The highest BCUT2D eigenvalue weighted by molar-refractivity contribution is 5.86. The standard InChI is InChI=1S/C24H30N2O5/c1-17(2)20-10-8-18(9-11-20)14-15-25-23(29)21(12-13-22(27)28)26-24(30)31-16-19-6-4-3-5-7-19/h3-11,17,21H,12-16H2,1-2H3,(H,25,29)(H,26,30)(H,27,28)/t21-/m0/s1. The van der Waals surface area contributed by atoms with Crippen LogP contribution in [0.1, 0.15) is 49.3 Å². The molecule has 0 saturated carbocycles. The van der Waals surface area contributed by atoms with Gasteiger partial charge in [-0.1, -0.05) is 68.4 Å². The van der Waals surface area contributed by atoms with Gasteiger partial charge in [0.1, 0.15) is 12.6 Å². The topological polar surface area (TPSA) is 105 Å². The van der Waals surface area contributed by atoms with Crippen molar-refractivity contribution in [3.05, 3.63) is 71.3 Å². The van der Waals surface area contributed by atoms with Crippen LogP contribution in [0.3, 0.4) is 0 Å². The van der Waals surface area contributed by atoms with Gasteiger partial charge in [0.25, 0.3) is 0 Å². The summed E-state index contributed by atoms with van der Waals surface area (Å²) in [5, 5.41) is 14.2. The molecule has 7 heteroatoms. The van der Waals surface area contributed by atoms with Gasteiger partial charge in [-0.25, -0.2) is 4.79 Å². The second-order valence-corrected chi connectivity index (χ2v) is 7.63. The number of nitrogens with one attached hydrogen (secondary N) is 2. The van der Waals surface area contributed by atoms with Gasteiger partial charge in [0.2, 0.25) is 5.91 Å². The predicted molar refractivity (Wildman–Crippen MR) is 118 cm³/mol. The SMILES string of the molecule is CC(C)c1ccc(CCNC(=O)[C@H](CCC(=O)O)NC(=O)OCc2ccccc2)cc1. The quantitative estimate of drug-likeness (QED) is 0.509. The zero-order valence-electron chi connectivity index (χ0n) is 18.0. The third-order valence-corrected chi connectivity index (χ3v) is 4.83. The molecule has 0 unspecified atom stereocenters. The van der Waals surface area contributed by atoms with Crippen LogP contribution in [0.4, 0.5) is 4.79 Å². The monoisotopic (exact) mass is 426 g/mol. The first-order valence-electron chi connectivity index (χ1n) is 10.4. The fourth-order valence-electron chi connectivity index (χ4n) is 2.97. The smallest absolute Gasteiger partial charge is 0.408 e. The lowest BCUT2D eigenvalue weighted by atomic mass is 10.0. The maximum Gasteiger partial charge on any atom is 0.408 e. The number of rotatable bonds is 11. The van der Waals surface area contributed by atoms with Gasteiger partial charge in [0.05, 0.1) is 0 Å². The van der Waals surface area contributed by atoms with E-state index in [0.717, 1.165) is 11.1 Å². The van der Waals surface area contributed by atoms with E-state index in [0.29, 0.717) is 18.9 Å². The van der Waals surface area contributed by atoms with Crippen LogP contribution >= 0.6 is 0 Å². The van der Waals surface area contributed by atoms with Crippen LogP contribution in [0, 0.1) is 0 Å². The average Bonchev–Trinajstić information content (AvgIpc) is 2.76. The Morgan fingerprint density at radius 3 is 2.26 bits per heavy atom. The van der Waals surface area contributed by atoms with Crippen LogP contribution in [-0.4, -0.2) is 35.7 Å². The lowest BCUT2D eigenvalue weighted by molar-refractivity contribution is -0.137. The zero-order chi connectivity index (χ0) is 22.6. The fraction of sp³-hybridized carbons (Fsp3) is 0.375. The summed E-state index contributed by atoms with van der Waals surface area (Å²) >= 11 is 0. The second kappa shape index (κ2) is 12.4. The van der Waals surface area contributed by atoms with Crippen LogP contribution < -0.4 is 10.6 Å². The fourth-order valence-corrected chi connectivity index (χ4v) is 2.97. The van der Waals surface area contributed by atoms with Gasteiger partial charge in [-0.3, -0.25) is 9.59 Å². The lowest BCUT2D eigenvalue weighted by Gasteiger charge is -2.18. The molecule has 0 aliphatic heterocycles. The first-order chi connectivity index (χ1) is 14.8. The van der Waals surface area contributed by atoms with Crippen LogP contribution in [0.5, 0.6) is 0 Å². The molecule has 3 N–H and O–H groups in total. The lowest BCUT2D eigenvalue weighted by Crippen LogP contribution is -2.47. The number of carboxylic acids is 1. The minimum atomic E-state index is -1.04. The van der Waals surface area contributed by atoms with Crippen molar-refractivity contribution in [1.82, 2.24) is 10.6 Å². The number of amides is 2. The van der Waals surface area contributed by atoms with E-state index in [4.69, 9.17) is 9.84 Å². The highest BCUT2D eigenvalue weighted by atomic mass is 16.5. The highest BCUT2D eigenvalue weighted by Crippen LogP contribution is 2.14. The van der Waals surface area contributed by atoms with Crippen molar-refractivity contribution in [2.24, 2.45) is 0 Å². The summed E-state index contributed by atoms with van der Waals surface area (Å²) in [7, 11) is 0. The molecule has 2 amide bonds. The van der Waals surface area contributed by atoms with Crippen LogP contribution in [0.25, 0.3) is 0 Å². The summed E-state index contributed by atoms with van der Waals surface area (Å²) < 4.78 is 5.14. The van der Waals surface area contributed by atoms with Crippen LogP contribution in [0.2, 0.25) is 0 Å². The van der Waals surface area contributed by atoms with E-state index in [-0.39, 0.29) is 19.4 Å². The van der Waals surface area contributed by atoms with Gasteiger partial charge in [0.15, 0.2) is 0 Å². The highest BCUT2D eigenvalue weighted by Gasteiger charge is 2.22. The number of carboxylic acid groups (broad SMARTS) is 1. The minimum Gasteiger partial charge on any atom is -0.481 e. The number of ether oxygens (including phenoxy) is 1. The number of hydrogen-bond donors (Lipinski definition) is 3. The molecule has 0 aliphatic rings. The summed E-state index contributed by atoms with van der Waals surface area (Å²) in [6, 6.07) is 16.4. The summed E-state index contributed by atoms with van der Waals surface area (Å²) in [5.74, 6) is -1.02. The molecule has 31 heavy (non-hydrogen) atoms. The molecule has 0 heterocycles. The second-order valence-electron chi connectivity index (χ2n) is 7.63. The molecule has 2 aromatic rings. The Bertz CT molecular complexity index is 850. The van der Waals surface area contributed by atoms with E-state index in [9.17, 15) is 14.4 Å². The number of carbonyl (C=O) groups excluding carboxylic acids is 2. The van der Waals surface area contributed by atoms with Gasteiger partial charge in [-0.2, -0.15) is 0 Å². The molecule has 0 radical (unpaired) electrons. The number of benzene rings is 2. The van der Waals surface area contributed by atoms with E-state index in [1.165, 1.54) is 5.56 Å². The Morgan fingerprint density at radius 2 is 1.65 bits per heavy atom. The Balaban J connectivity index is 1.84. The maximum atomic E-state index is 12.5. The van der Waals surface area contributed by atoms with Gasteiger partial charge in [-0.15, -0.1) is 0 Å². The molecule has 0 aliphatic carbocycles. The van der Waals surface area contributed by atoms with Crippen LogP contribution in [-0.2, 0) is 27.4 Å². The third-order valence-electron chi connectivity index (χ3n) is 4.83. The van der Waals surface area contributed by atoms with Gasteiger partial charge in [-0.05, 0) is 35.4 Å². The van der Waals surface area contributed by atoms with Gasteiger partial charge >= 0.3 is 12.1 Å². The van der Waals surface area contributed by atoms with Gasteiger partial charge < -0.3 is 20.5 Å². The van der Waals surface area contributed by atoms with Crippen molar-refractivity contribution in [1.29, 1.82) is 0 Å². The third kappa shape index (κ3) is 8.90. The molecule has 7 nitrogen and oxygen atoms in total. The van der Waals surface area contributed by atoms with E-state index in [2.05, 4.69) is 36.6 Å². The molecule has 166 valence electrons. The Kier molecular flexibility index (Phi) is 9.55. The van der Waals surface area contributed by atoms with Crippen molar-refractivity contribution in [2.45, 2.75) is 51.7 Å². The summed E-state index contributed by atoms with van der Waals surface area (Å²) in [4.78, 5) is 35.5. The van der Waals surface area contributed by atoms with E-state index in [1.54, 1.807) is 0 Å². The van der Waals surface area contributed by atoms with Crippen molar-refractivity contribution in [3.63, 3.8) is 0 Å². The predicted octanol–water partition coefficient (Wildman–Crippen LogP) is 3.63. The van der Waals surface area contributed by atoms with Gasteiger partial charge in [0, 0.05) is 13.0 Å². The molecule has 0 fully saturated rings. The number of alkyl carbamates (subject to hydrolysis) is 1. The van der Waals surface area contributed by atoms with E-state index in [1.807, 2.05) is 42.5 Å². The first kappa shape index (κ1) is 23.9. The van der Waals surface area contributed by atoms with Crippen LogP contribution in [0.15, 0.2) is 54.6 Å². The Labute approximate surface area is 182 Å².